The van der Waals surface area contributed by atoms with Gasteiger partial charge in [-0.05, 0) is 63.1 Å². The third kappa shape index (κ3) is 7.85. The minimum atomic E-state index is -0.266. The van der Waals surface area contributed by atoms with Crippen molar-refractivity contribution in [3.8, 4) is 0 Å². The van der Waals surface area contributed by atoms with E-state index in [1.54, 1.807) is 7.05 Å². The van der Waals surface area contributed by atoms with Crippen LogP contribution in [0.15, 0.2) is 53.5 Å². The monoisotopic (exact) mass is 569 g/mol. The Labute approximate surface area is 213 Å². The molecule has 3 rings (SSSR count). The summed E-state index contributed by atoms with van der Waals surface area (Å²) in [5.41, 5.74) is 2.56. The number of carbonyl (C=O) groups is 1. The molecule has 2 aromatic rings. The van der Waals surface area contributed by atoms with Gasteiger partial charge in [0.2, 0.25) is 0 Å². The van der Waals surface area contributed by atoms with Crippen molar-refractivity contribution >= 4 is 53.1 Å². The van der Waals surface area contributed by atoms with Gasteiger partial charge >= 0.3 is 0 Å². The van der Waals surface area contributed by atoms with Crippen molar-refractivity contribution in [2.45, 2.75) is 45.3 Å². The zero-order valence-electron chi connectivity index (χ0n) is 19.1. The average molecular weight is 570 g/mol. The lowest BCUT2D eigenvalue weighted by molar-refractivity contribution is 0.0919. The van der Waals surface area contributed by atoms with Gasteiger partial charge in [-0.2, -0.15) is 0 Å². The molecule has 1 aliphatic rings. The van der Waals surface area contributed by atoms with Crippen LogP contribution in [0.4, 0.5) is 5.69 Å². The van der Waals surface area contributed by atoms with E-state index >= 15 is 0 Å². The minimum absolute atomic E-state index is 0. The number of carbonyl (C=O) groups excluding carboxylic acids is 1. The van der Waals surface area contributed by atoms with Crippen molar-refractivity contribution in [3.63, 3.8) is 0 Å². The van der Waals surface area contributed by atoms with E-state index in [4.69, 9.17) is 11.6 Å². The fourth-order valence-corrected chi connectivity index (χ4v) is 3.78. The van der Waals surface area contributed by atoms with Gasteiger partial charge in [0.05, 0.1) is 0 Å². The first kappa shape index (κ1) is 26.3. The summed E-state index contributed by atoms with van der Waals surface area (Å²) in [4.78, 5) is 19.1. The number of aliphatic imine (C=N–C) groups is 1. The van der Waals surface area contributed by atoms with Crippen LogP contribution in [0.1, 0.15) is 43.1 Å². The maximum atomic E-state index is 12.4. The molecule has 0 spiro atoms. The van der Waals surface area contributed by atoms with Crippen molar-refractivity contribution in [1.29, 1.82) is 0 Å². The van der Waals surface area contributed by atoms with Crippen LogP contribution in [0.5, 0.6) is 0 Å². The van der Waals surface area contributed by atoms with Gasteiger partial charge in [0.1, 0.15) is 0 Å². The Morgan fingerprint density at radius 2 is 1.94 bits per heavy atom. The van der Waals surface area contributed by atoms with Crippen LogP contribution in [-0.2, 0) is 6.54 Å². The van der Waals surface area contributed by atoms with Gasteiger partial charge in [0.25, 0.3) is 5.91 Å². The highest BCUT2D eigenvalue weighted by Gasteiger charge is 2.23. The molecular weight excluding hydrogens is 537 g/mol. The predicted molar refractivity (Wildman–Crippen MR) is 144 cm³/mol. The van der Waals surface area contributed by atoms with Crippen LogP contribution in [0.25, 0.3) is 0 Å². The van der Waals surface area contributed by atoms with Crippen molar-refractivity contribution in [3.05, 3.63) is 64.7 Å². The summed E-state index contributed by atoms with van der Waals surface area (Å²) < 4.78 is 0. The second-order valence-corrected chi connectivity index (χ2v) is 9.32. The summed E-state index contributed by atoms with van der Waals surface area (Å²) in [6.45, 7) is 8.37. The summed E-state index contributed by atoms with van der Waals surface area (Å²) in [6, 6.07) is 15.9. The molecule has 32 heavy (non-hydrogen) atoms. The van der Waals surface area contributed by atoms with E-state index in [0.29, 0.717) is 18.2 Å². The summed E-state index contributed by atoms with van der Waals surface area (Å²) in [5, 5.41) is 10.6. The maximum absolute atomic E-state index is 12.4. The largest absolute Gasteiger partial charge is 0.369 e. The molecule has 0 bridgehead atoms. The smallest absolute Gasteiger partial charge is 0.251 e. The first-order valence-corrected chi connectivity index (χ1v) is 11.0. The molecule has 0 aromatic heterocycles. The summed E-state index contributed by atoms with van der Waals surface area (Å²) in [7, 11) is 1.77. The molecule has 0 radical (unpaired) electrons. The predicted octanol–water partition coefficient (Wildman–Crippen LogP) is 4.43. The number of hydrogen-bond acceptors (Lipinski definition) is 3. The highest BCUT2D eigenvalue weighted by Crippen LogP contribution is 2.23. The number of benzene rings is 2. The van der Waals surface area contributed by atoms with Crippen molar-refractivity contribution in [2.75, 3.05) is 25.0 Å². The lowest BCUT2D eigenvalue weighted by Gasteiger charge is -2.21. The Kier molecular flexibility index (Phi) is 9.64. The zero-order valence-corrected chi connectivity index (χ0v) is 22.2. The molecule has 6 nitrogen and oxygen atoms in total. The van der Waals surface area contributed by atoms with Crippen LogP contribution in [0.2, 0.25) is 5.02 Å². The molecule has 1 aliphatic heterocycles. The number of rotatable bonds is 5. The van der Waals surface area contributed by atoms with E-state index in [1.807, 2.05) is 63.2 Å². The number of guanidine groups is 1. The molecule has 1 unspecified atom stereocenters. The number of halogens is 2. The number of nitrogens with zero attached hydrogens (tertiary/aromatic N) is 2. The topological polar surface area (TPSA) is 68.8 Å². The number of hydrogen-bond donors (Lipinski definition) is 3. The minimum Gasteiger partial charge on any atom is -0.369 e. The van der Waals surface area contributed by atoms with E-state index in [9.17, 15) is 4.79 Å². The van der Waals surface area contributed by atoms with Gasteiger partial charge in [-0.3, -0.25) is 9.79 Å². The molecule has 3 N–H and O–H groups in total. The van der Waals surface area contributed by atoms with Crippen molar-refractivity contribution in [1.82, 2.24) is 16.0 Å². The second-order valence-electron chi connectivity index (χ2n) is 8.89. The normalized spacial score (nSPS) is 16.3. The molecular formula is C24H33ClIN5O. The first-order chi connectivity index (χ1) is 14.7. The third-order valence-electron chi connectivity index (χ3n) is 5.06. The quantitative estimate of drug-likeness (QED) is 0.283. The van der Waals surface area contributed by atoms with Crippen LogP contribution < -0.4 is 20.9 Å². The first-order valence-electron chi connectivity index (χ1n) is 10.6. The molecule has 1 atom stereocenters. The number of anilines is 1. The van der Waals surface area contributed by atoms with Gasteiger partial charge < -0.3 is 20.9 Å². The number of amides is 1. The van der Waals surface area contributed by atoms with Crippen LogP contribution in [0.3, 0.4) is 0 Å². The van der Waals surface area contributed by atoms with E-state index in [0.717, 1.165) is 41.7 Å². The standard InChI is InChI=1S/C24H32ClN5O.HI/c1-24(2,3)29-22(31)18-8-5-7-17(13-18)15-27-23(26-4)28-20-11-12-30(16-20)21-10-6-9-19(25)14-21;/h5-10,13-14,20H,11-12,15-16H2,1-4H3,(H,29,31)(H2,26,27,28);1H. The SMILES string of the molecule is CN=C(NCc1cccc(C(=O)NC(C)(C)C)c1)NC1CCN(c2cccc(Cl)c2)C1.I. The Hall–Kier alpha value is -2.00. The fourth-order valence-electron chi connectivity index (χ4n) is 3.59. The van der Waals surface area contributed by atoms with E-state index in [-0.39, 0.29) is 35.4 Å². The Bertz CT molecular complexity index is 944. The lowest BCUT2D eigenvalue weighted by Crippen LogP contribution is -2.44. The van der Waals surface area contributed by atoms with Gasteiger partial charge in [-0.15, -0.1) is 24.0 Å². The molecule has 1 heterocycles. The highest BCUT2D eigenvalue weighted by atomic mass is 127. The molecule has 0 saturated carbocycles. The van der Waals surface area contributed by atoms with Crippen molar-refractivity contribution < 1.29 is 4.79 Å². The molecule has 174 valence electrons. The number of nitrogens with one attached hydrogen (secondary N) is 3. The Balaban J connectivity index is 0.00000363. The zero-order chi connectivity index (χ0) is 22.4. The third-order valence-corrected chi connectivity index (χ3v) is 5.30. The summed E-state index contributed by atoms with van der Waals surface area (Å²) in [5.74, 6) is 0.686. The Morgan fingerprint density at radius 1 is 1.19 bits per heavy atom. The fraction of sp³-hybridized carbons (Fsp3) is 0.417. The van der Waals surface area contributed by atoms with E-state index < -0.39 is 0 Å². The van der Waals surface area contributed by atoms with Crippen molar-refractivity contribution in [2.24, 2.45) is 4.99 Å². The Morgan fingerprint density at radius 3 is 2.62 bits per heavy atom. The van der Waals surface area contributed by atoms with Gasteiger partial charge in [0.15, 0.2) is 5.96 Å². The molecule has 2 aromatic carbocycles. The second kappa shape index (κ2) is 11.7. The van der Waals surface area contributed by atoms with Gasteiger partial charge in [-0.1, -0.05) is 29.8 Å². The van der Waals surface area contributed by atoms with Crippen LogP contribution in [-0.4, -0.2) is 43.6 Å². The van der Waals surface area contributed by atoms with Gasteiger partial charge in [0, 0.05) is 54.5 Å². The molecule has 1 fully saturated rings. The molecule has 8 heteroatoms. The maximum Gasteiger partial charge on any atom is 0.251 e. The summed E-state index contributed by atoms with van der Waals surface area (Å²) in [6.07, 6.45) is 1.02. The molecule has 0 aliphatic carbocycles. The van der Waals surface area contributed by atoms with Crippen LogP contribution >= 0.6 is 35.6 Å². The van der Waals surface area contributed by atoms with E-state index in [1.165, 1.54) is 0 Å². The van der Waals surface area contributed by atoms with E-state index in [2.05, 4.69) is 31.9 Å². The summed E-state index contributed by atoms with van der Waals surface area (Å²) >= 11 is 6.13. The van der Waals surface area contributed by atoms with Gasteiger partial charge in [-0.25, -0.2) is 0 Å². The van der Waals surface area contributed by atoms with Crippen LogP contribution in [0, 0.1) is 0 Å². The average Bonchev–Trinajstić information content (AvgIpc) is 3.18. The molecule has 1 amide bonds. The molecule has 1 saturated heterocycles. The lowest BCUT2D eigenvalue weighted by atomic mass is 10.1. The highest BCUT2D eigenvalue weighted by molar-refractivity contribution is 14.0.